The zero-order valence-corrected chi connectivity index (χ0v) is 17.2. The second-order valence-electron chi connectivity index (χ2n) is 7.28. The molecule has 5 aromatic rings. The highest BCUT2D eigenvalue weighted by atomic mass is 32.2. The molecule has 7 nitrogen and oxygen atoms in total. The first-order chi connectivity index (χ1) is 15.3. The van der Waals surface area contributed by atoms with E-state index in [9.17, 15) is 4.79 Å². The zero-order chi connectivity index (χ0) is 20.8. The van der Waals surface area contributed by atoms with Crippen LogP contribution in [0, 0.1) is 0 Å². The highest BCUT2D eigenvalue weighted by molar-refractivity contribution is 7.99. The standard InChI is InChI=1S/C23H17N5O2S/c29-20(27-12-11-15-6-1-4-9-18(15)27)14-31-23-26-25-21-16-7-2-3-8-17(16)24-22(28(21)23)19-10-5-13-30-19/h1-10,13H,11-12,14H2. The van der Waals surface area contributed by atoms with Gasteiger partial charge < -0.3 is 9.32 Å². The van der Waals surface area contributed by atoms with Gasteiger partial charge in [-0.3, -0.25) is 9.20 Å². The number of rotatable bonds is 4. The number of thioether (sulfide) groups is 1. The number of anilines is 1. The second kappa shape index (κ2) is 7.24. The number of nitrogens with zero attached hydrogens (tertiary/aromatic N) is 5. The fraction of sp³-hybridized carbons (Fsp3) is 0.130. The highest BCUT2D eigenvalue weighted by Crippen LogP contribution is 2.31. The lowest BCUT2D eigenvalue weighted by Crippen LogP contribution is -2.30. The molecule has 6 rings (SSSR count). The van der Waals surface area contributed by atoms with E-state index in [-0.39, 0.29) is 11.7 Å². The Morgan fingerprint density at radius 2 is 1.90 bits per heavy atom. The number of para-hydroxylation sites is 2. The fourth-order valence-corrected chi connectivity index (χ4v) is 4.83. The van der Waals surface area contributed by atoms with Crippen LogP contribution in [0.25, 0.3) is 28.1 Å². The van der Waals surface area contributed by atoms with Gasteiger partial charge >= 0.3 is 0 Å². The van der Waals surface area contributed by atoms with Gasteiger partial charge in [0.25, 0.3) is 0 Å². The van der Waals surface area contributed by atoms with Gasteiger partial charge in [-0.1, -0.05) is 42.1 Å². The largest absolute Gasteiger partial charge is 0.461 e. The Morgan fingerprint density at radius 1 is 1.03 bits per heavy atom. The van der Waals surface area contributed by atoms with E-state index < -0.39 is 0 Å². The quantitative estimate of drug-likeness (QED) is 0.400. The average molecular weight is 427 g/mol. The molecule has 0 radical (unpaired) electrons. The minimum Gasteiger partial charge on any atom is -0.461 e. The summed E-state index contributed by atoms with van der Waals surface area (Å²) in [4.78, 5) is 19.6. The first-order valence-electron chi connectivity index (χ1n) is 9.98. The molecule has 4 heterocycles. The van der Waals surface area contributed by atoms with Crippen molar-refractivity contribution in [3.8, 4) is 11.6 Å². The van der Waals surface area contributed by atoms with Crippen molar-refractivity contribution >= 4 is 39.9 Å². The first kappa shape index (κ1) is 18.1. The van der Waals surface area contributed by atoms with Gasteiger partial charge in [-0.05, 0) is 42.3 Å². The van der Waals surface area contributed by atoms with E-state index >= 15 is 0 Å². The summed E-state index contributed by atoms with van der Waals surface area (Å²) in [6.07, 6.45) is 2.50. The number of amides is 1. The van der Waals surface area contributed by atoms with Crippen molar-refractivity contribution in [2.45, 2.75) is 11.6 Å². The molecule has 1 amide bonds. The summed E-state index contributed by atoms with van der Waals surface area (Å²) in [6.45, 7) is 0.711. The third-order valence-electron chi connectivity index (χ3n) is 5.47. The Bertz CT molecular complexity index is 1430. The van der Waals surface area contributed by atoms with Gasteiger partial charge in [-0.25, -0.2) is 4.98 Å². The minimum atomic E-state index is 0.0556. The first-order valence-corrected chi connectivity index (χ1v) is 11.0. The van der Waals surface area contributed by atoms with Crippen molar-refractivity contribution in [1.29, 1.82) is 0 Å². The van der Waals surface area contributed by atoms with Crippen molar-refractivity contribution in [1.82, 2.24) is 19.6 Å². The van der Waals surface area contributed by atoms with Crippen LogP contribution in [0.4, 0.5) is 5.69 Å². The molecule has 0 atom stereocenters. The van der Waals surface area contributed by atoms with Crippen molar-refractivity contribution in [2.24, 2.45) is 0 Å². The number of carbonyl (C=O) groups is 1. The molecule has 0 fully saturated rings. The lowest BCUT2D eigenvalue weighted by molar-refractivity contribution is -0.116. The Labute approximate surface area is 181 Å². The van der Waals surface area contributed by atoms with Gasteiger partial charge in [0.1, 0.15) is 0 Å². The molecule has 8 heteroatoms. The van der Waals surface area contributed by atoms with E-state index in [4.69, 9.17) is 9.40 Å². The number of carbonyl (C=O) groups excluding carboxylic acids is 1. The second-order valence-corrected chi connectivity index (χ2v) is 8.23. The van der Waals surface area contributed by atoms with E-state index in [1.54, 1.807) is 6.26 Å². The number of aromatic nitrogens is 4. The maximum absolute atomic E-state index is 13.0. The zero-order valence-electron chi connectivity index (χ0n) is 16.4. The van der Waals surface area contributed by atoms with Gasteiger partial charge in [-0.15, -0.1) is 10.2 Å². The molecule has 152 valence electrons. The summed E-state index contributed by atoms with van der Waals surface area (Å²) in [5.41, 5.74) is 3.72. The minimum absolute atomic E-state index is 0.0556. The van der Waals surface area contributed by atoms with E-state index in [1.165, 1.54) is 17.3 Å². The molecule has 0 unspecified atom stereocenters. The Balaban J connectivity index is 1.37. The third-order valence-corrected chi connectivity index (χ3v) is 6.38. The smallest absolute Gasteiger partial charge is 0.237 e. The lowest BCUT2D eigenvalue weighted by Gasteiger charge is -2.16. The number of fused-ring (bicyclic) bond motifs is 4. The topological polar surface area (TPSA) is 76.5 Å². The molecule has 3 aromatic heterocycles. The van der Waals surface area contributed by atoms with Gasteiger partial charge in [-0.2, -0.15) is 0 Å². The van der Waals surface area contributed by atoms with Gasteiger partial charge in [0.05, 0.1) is 17.5 Å². The van der Waals surface area contributed by atoms with Crippen LogP contribution in [0.3, 0.4) is 0 Å². The van der Waals surface area contributed by atoms with E-state index in [2.05, 4.69) is 16.3 Å². The molecular weight excluding hydrogens is 410 g/mol. The van der Waals surface area contributed by atoms with Crippen LogP contribution in [0.2, 0.25) is 0 Å². The highest BCUT2D eigenvalue weighted by Gasteiger charge is 2.25. The van der Waals surface area contributed by atoms with Crippen molar-refractivity contribution in [3.63, 3.8) is 0 Å². The molecule has 2 aromatic carbocycles. The van der Waals surface area contributed by atoms with Gasteiger partial charge in [0, 0.05) is 17.6 Å². The molecule has 0 aliphatic carbocycles. The molecule has 0 spiro atoms. The maximum atomic E-state index is 13.0. The number of hydrogen-bond acceptors (Lipinski definition) is 6. The van der Waals surface area contributed by atoms with Crippen LogP contribution in [0.5, 0.6) is 0 Å². The molecule has 0 N–H and O–H groups in total. The third kappa shape index (κ3) is 2.98. The lowest BCUT2D eigenvalue weighted by atomic mass is 10.2. The Hall–Kier alpha value is -3.65. The maximum Gasteiger partial charge on any atom is 0.237 e. The molecule has 0 saturated heterocycles. The van der Waals surface area contributed by atoms with E-state index in [1.807, 2.05) is 63.9 Å². The summed E-state index contributed by atoms with van der Waals surface area (Å²) >= 11 is 1.36. The van der Waals surface area contributed by atoms with Crippen molar-refractivity contribution in [3.05, 3.63) is 72.5 Å². The van der Waals surface area contributed by atoms with Crippen LogP contribution in [0.15, 0.2) is 76.5 Å². The van der Waals surface area contributed by atoms with Crippen LogP contribution < -0.4 is 4.90 Å². The number of benzene rings is 2. The molecule has 1 aliphatic heterocycles. The normalized spacial score (nSPS) is 13.2. The number of furan rings is 1. The van der Waals surface area contributed by atoms with Gasteiger partial charge in [0.2, 0.25) is 5.91 Å². The van der Waals surface area contributed by atoms with Gasteiger partial charge in [0.15, 0.2) is 22.4 Å². The van der Waals surface area contributed by atoms with Crippen molar-refractivity contribution < 1.29 is 9.21 Å². The fourth-order valence-electron chi connectivity index (χ4n) is 4.03. The predicted molar refractivity (Wildman–Crippen MR) is 119 cm³/mol. The van der Waals surface area contributed by atoms with Crippen LogP contribution in [-0.4, -0.2) is 37.8 Å². The Kier molecular flexibility index (Phi) is 4.24. The molecular formula is C23H17N5O2S. The Morgan fingerprint density at radius 3 is 2.81 bits per heavy atom. The molecule has 1 aliphatic rings. The number of hydrogen-bond donors (Lipinski definition) is 0. The van der Waals surface area contributed by atoms with Crippen LogP contribution in [0.1, 0.15) is 5.56 Å². The monoisotopic (exact) mass is 427 g/mol. The van der Waals surface area contributed by atoms with E-state index in [0.717, 1.165) is 23.0 Å². The van der Waals surface area contributed by atoms with E-state index in [0.29, 0.717) is 28.9 Å². The van der Waals surface area contributed by atoms with Crippen molar-refractivity contribution in [2.75, 3.05) is 17.2 Å². The SMILES string of the molecule is O=C(CSc1nnc2c3ccccc3nc(-c3ccco3)n12)N1CCc2ccccc21. The molecule has 0 bridgehead atoms. The summed E-state index contributed by atoms with van der Waals surface area (Å²) in [5.74, 6) is 1.56. The van der Waals surface area contributed by atoms with Crippen LogP contribution >= 0.6 is 11.8 Å². The van der Waals surface area contributed by atoms with Crippen LogP contribution in [-0.2, 0) is 11.2 Å². The summed E-state index contributed by atoms with van der Waals surface area (Å²) in [6, 6.07) is 19.5. The average Bonchev–Trinajstić information content (AvgIpc) is 3.57. The molecule has 31 heavy (non-hydrogen) atoms. The summed E-state index contributed by atoms with van der Waals surface area (Å²) < 4.78 is 7.50. The predicted octanol–water partition coefficient (Wildman–Crippen LogP) is 4.22. The summed E-state index contributed by atoms with van der Waals surface area (Å²) in [7, 11) is 0. The summed E-state index contributed by atoms with van der Waals surface area (Å²) in [5, 5.41) is 10.3. The molecule has 0 saturated carbocycles.